The third-order valence-electron chi connectivity index (χ3n) is 3.59. The number of rotatable bonds is 4. The Morgan fingerprint density at radius 3 is 2.72 bits per heavy atom. The molecule has 1 aromatic heterocycles. The van der Waals surface area contributed by atoms with E-state index in [0.29, 0.717) is 6.04 Å². The maximum Gasteiger partial charge on any atom is 0.0571 e. The van der Waals surface area contributed by atoms with Gasteiger partial charge in [-0.15, -0.1) is 0 Å². The second-order valence-electron chi connectivity index (χ2n) is 4.64. The predicted molar refractivity (Wildman–Crippen MR) is 75.5 cm³/mol. The lowest BCUT2D eigenvalue weighted by Crippen LogP contribution is -2.15. The monoisotopic (exact) mass is 243 g/mol. The number of nitrogens with one attached hydrogen (secondary N) is 1. The number of nitrogens with zero attached hydrogens (tertiary/aromatic N) is 2. The Kier molecular flexibility index (Phi) is 3.82. The number of benzene rings is 1. The first-order valence-corrected chi connectivity index (χ1v) is 6.43. The predicted octanol–water partition coefficient (Wildman–Crippen LogP) is 3.07. The highest BCUT2D eigenvalue weighted by Crippen LogP contribution is 2.26. The topological polar surface area (TPSA) is 29.9 Å². The maximum absolute atomic E-state index is 4.31. The van der Waals surface area contributed by atoms with Crippen LogP contribution in [0.15, 0.2) is 30.5 Å². The van der Waals surface area contributed by atoms with E-state index in [1.807, 2.05) is 25.0 Å². The minimum absolute atomic E-state index is 0.418. The van der Waals surface area contributed by atoms with Gasteiger partial charge in [0.25, 0.3) is 0 Å². The quantitative estimate of drug-likeness (QED) is 0.894. The van der Waals surface area contributed by atoms with Crippen molar-refractivity contribution in [2.24, 2.45) is 7.05 Å². The van der Waals surface area contributed by atoms with Gasteiger partial charge in [0.2, 0.25) is 0 Å². The van der Waals surface area contributed by atoms with E-state index in [4.69, 9.17) is 0 Å². The van der Waals surface area contributed by atoms with Crippen LogP contribution in [0.4, 0.5) is 0 Å². The van der Waals surface area contributed by atoms with Crippen LogP contribution in [0.1, 0.15) is 30.6 Å². The van der Waals surface area contributed by atoms with Gasteiger partial charge >= 0.3 is 0 Å². The van der Waals surface area contributed by atoms with Gasteiger partial charge in [-0.2, -0.15) is 5.10 Å². The fourth-order valence-corrected chi connectivity index (χ4v) is 2.31. The van der Waals surface area contributed by atoms with Crippen LogP contribution in [0.2, 0.25) is 0 Å². The Morgan fingerprint density at radius 2 is 2.17 bits per heavy atom. The van der Waals surface area contributed by atoms with Gasteiger partial charge in [-0.05, 0) is 37.6 Å². The van der Waals surface area contributed by atoms with Gasteiger partial charge in [-0.1, -0.05) is 25.1 Å². The van der Waals surface area contributed by atoms with E-state index < -0.39 is 0 Å². The van der Waals surface area contributed by atoms with Crippen molar-refractivity contribution < 1.29 is 0 Å². The molecule has 0 fully saturated rings. The summed E-state index contributed by atoms with van der Waals surface area (Å²) in [5.41, 5.74) is 4.99. The van der Waals surface area contributed by atoms with E-state index >= 15 is 0 Å². The van der Waals surface area contributed by atoms with Crippen molar-refractivity contribution in [3.8, 4) is 11.1 Å². The van der Waals surface area contributed by atoms with E-state index in [0.717, 1.165) is 6.42 Å². The smallest absolute Gasteiger partial charge is 0.0571 e. The zero-order valence-corrected chi connectivity index (χ0v) is 11.6. The first kappa shape index (κ1) is 12.8. The van der Waals surface area contributed by atoms with Crippen LogP contribution in [0.3, 0.4) is 0 Å². The zero-order chi connectivity index (χ0) is 13.1. The molecule has 0 spiro atoms. The standard InChI is InChI=1S/C15H21N3/c1-5-15(16-3)13-8-6-7-12(9-13)14-10-17-18(4)11(14)2/h6-10,15-16H,5H2,1-4H3. The van der Waals surface area contributed by atoms with Crippen LogP contribution in [0.5, 0.6) is 0 Å². The molecule has 1 unspecified atom stereocenters. The minimum Gasteiger partial charge on any atom is -0.313 e. The summed E-state index contributed by atoms with van der Waals surface area (Å²) >= 11 is 0. The molecule has 0 bridgehead atoms. The van der Waals surface area contributed by atoms with E-state index in [-0.39, 0.29) is 0 Å². The molecule has 0 aliphatic carbocycles. The summed E-state index contributed by atoms with van der Waals surface area (Å²) in [5, 5.41) is 7.65. The molecule has 0 radical (unpaired) electrons. The lowest BCUT2D eigenvalue weighted by atomic mass is 9.99. The number of hydrogen-bond acceptors (Lipinski definition) is 2. The summed E-state index contributed by atoms with van der Waals surface area (Å²) in [7, 11) is 3.99. The summed E-state index contributed by atoms with van der Waals surface area (Å²) in [6.45, 7) is 4.30. The van der Waals surface area contributed by atoms with Crippen LogP contribution in [-0.4, -0.2) is 16.8 Å². The number of aryl methyl sites for hydroxylation is 1. The van der Waals surface area contributed by atoms with Gasteiger partial charge in [-0.3, -0.25) is 4.68 Å². The Balaban J connectivity index is 2.41. The van der Waals surface area contributed by atoms with Crippen molar-refractivity contribution in [1.82, 2.24) is 15.1 Å². The fraction of sp³-hybridized carbons (Fsp3) is 0.400. The van der Waals surface area contributed by atoms with Crippen molar-refractivity contribution in [3.63, 3.8) is 0 Å². The molecule has 1 atom stereocenters. The van der Waals surface area contributed by atoms with Gasteiger partial charge in [0.1, 0.15) is 0 Å². The molecule has 2 aromatic rings. The van der Waals surface area contributed by atoms with Gasteiger partial charge in [0.05, 0.1) is 6.20 Å². The lowest BCUT2D eigenvalue weighted by molar-refractivity contribution is 0.577. The normalized spacial score (nSPS) is 12.7. The summed E-state index contributed by atoms with van der Waals surface area (Å²) in [5.74, 6) is 0. The van der Waals surface area contributed by atoms with E-state index in [1.165, 1.54) is 22.4 Å². The van der Waals surface area contributed by atoms with E-state index in [1.54, 1.807) is 0 Å². The third kappa shape index (κ3) is 2.31. The molecule has 1 heterocycles. The highest BCUT2D eigenvalue weighted by Gasteiger charge is 2.10. The van der Waals surface area contributed by atoms with Crippen LogP contribution in [-0.2, 0) is 7.05 Å². The van der Waals surface area contributed by atoms with Gasteiger partial charge in [-0.25, -0.2) is 0 Å². The van der Waals surface area contributed by atoms with Crippen molar-refractivity contribution in [2.75, 3.05) is 7.05 Å². The van der Waals surface area contributed by atoms with Crippen molar-refractivity contribution in [2.45, 2.75) is 26.3 Å². The molecule has 2 rings (SSSR count). The zero-order valence-electron chi connectivity index (χ0n) is 11.6. The van der Waals surface area contributed by atoms with Gasteiger partial charge in [0, 0.05) is 24.3 Å². The first-order valence-electron chi connectivity index (χ1n) is 6.43. The summed E-state index contributed by atoms with van der Waals surface area (Å²) in [4.78, 5) is 0. The first-order chi connectivity index (χ1) is 8.67. The molecule has 0 saturated carbocycles. The molecular formula is C15H21N3. The minimum atomic E-state index is 0.418. The average Bonchev–Trinajstić information content (AvgIpc) is 2.72. The molecule has 0 aliphatic heterocycles. The second-order valence-corrected chi connectivity index (χ2v) is 4.64. The molecule has 18 heavy (non-hydrogen) atoms. The summed E-state index contributed by atoms with van der Waals surface area (Å²) in [6, 6.07) is 9.13. The molecule has 0 aliphatic rings. The Hall–Kier alpha value is -1.61. The molecule has 0 amide bonds. The third-order valence-corrected chi connectivity index (χ3v) is 3.59. The maximum atomic E-state index is 4.31. The average molecular weight is 243 g/mol. The molecule has 0 saturated heterocycles. The van der Waals surface area contributed by atoms with Crippen molar-refractivity contribution >= 4 is 0 Å². The lowest BCUT2D eigenvalue weighted by Gasteiger charge is -2.15. The van der Waals surface area contributed by atoms with E-state index in [9.17, 15) is 0 Å². The molecule has 96 valence electrons. The SMILES string of the molecule is CCC(NC)c1cccc(-c2cnn(C)c2C)c1. The Morgan fingerprint density at radius 1 is 1.39 bits per heavy atom. The van der Waals surface area contributed by atoms with Crippen LogP contribution < -0.4 is 5.32 Å². The molecular weight excluding hydrogens is 222 g/mol. The van der Waals surface area contributed by atoms with Gasteiger partial charge in [0.15, 0.2) is 0 Å². The Bertz CT molecular complexity index is 524. The largest absolute Gasteiger partial charge is 0.313 e. The number of hydrogen-bond donors (Lipinski definition) is 1. The summed E-state index contributed by atoms with van der Waals surface area (Å²) < 4.78 is 1.91. The van der Waals surface area contributed by atoms with Crippen LogP contribution >= 0.6 is 0 Å². The van der Waals surface area contributed by atoms with Crippen LogP contribution in [0.25, 0.3) is 11.1 Å². The highest BCUT2D eigenvalue weighted by molar-refractivity contribution is 5.66. The second kappa shape index (κ2) is 5.36. The number of aromatic nitrogens is 2. The van der Waals surface area contributed by atoms with Crippen LogP contribution in [0, 0.1) is 6.92 Å². The Labute approximate surface area is 109 Å². The molecule has 3 nitrogen and oxygen atoms in total. The van der Waals surface area contributed by atoms with Crippen molar-refractivity contribution in [1.29, 1.82) is 0 Å². The van der Waals surface area contributed by atoms with Gasteiger partial charge < -0.3 is 5.32 Å². The van der Waals surface area contributed by atoms with E-state index in [2.05, 4.69) is 48.5 Å². The summed E-state index contributed by atoms with van der Waals surface area (Å²) in [6.07, 6.45) is 3.03. The highest BCUT2D eigenvalue weighted by atomic mass is 15.3. The molecule has 1 aromatic carbocycles. The molecule has 3 heteroatoms. The van der Waals surface area contributed by atoms with Crippen molar-refractivity contribution in [3.05, 3.63) is 41.7 Å². The fourth-order valence-electron chi connectivity index (χ4n) is 2.31. The molecule has 1 N–H and O–H groups in total.